The highest BCUT2D eigenvalue weighted by atomic mass is 16.6. The molecular formula is C9H10NO4. The van der Waals surface area contributed by atoms with Crippen LogP contribution in [0, 0.1) is 16.7 Å². The van der Waals surface area contributed by atoms with Crippen LogP contribution in [0.1, 0.15) is 12.5 Å². The predicted octanol–water partition coefficient (Wildman–Crippen LogP) is 1.88. The van der Waals surface area contributed by atoms with Crippen LogP contribution in [0.15, 0.2) is 18.2 Å². The summed E-state index contributed by atoms with van der Waals surface area (Å²) in [5.41, 5.74) is -0.00287. The van der Waals surface area contributed by atoms with Gasteiger partial charge in [0.1, 0.15) is 12.4 Å². The maximum Gasteiger partial charge on any atom is 0.275 e. The lowest BCUT2D eigenvalue weighted by atomic mass is 10.2. The lowest BCUT2D eigenvalue weighted by Gasteiger charge is -2.04. The molecule has 0 saturated heterocycles. The van der Waals surface area contributed by atoms with Gasteiger partial charge in [-0.25, -0.2) is 0 Å². The summed E-state index contributed by atoms with van der Waals surface area (Å²) in [5.74, 6) is 0.499. The fourth-order valence-corrected chi connectivity index (χ4v) is 1.06. The second-order valence-corrected chi connectivity index (χ2v) is 2.54. The van der Waals surface area contributed by atoms with Gasteiger partial charge in [0.05, 0.1) is 17.1 Å². The van der Waals surface area contributed by atoms with E-state index in [0.717, 1.165) is 0 Å². The Morgan fingerprint density at radius 2 is 2.36 bits per heavy atom. The topological polar surface area (TPSA) is 72.6 Å². The molecule has 0 saturated carbocycles. The van der Waals surface area contributed by atoms with Gasteiger partial charge in [-0.05, 0) is 19.1 Å². The molecule has 1 aromatic rings. The van der Waals surface area contributed by atoms with Crippen molar-refractivity contribution in [2.45, 2.75) is 6.92 Å². The zero-order chi connectivity index (χ0) is 10.6. The number of nitrogens with zero attached hydrogens (tertiary/aromatic N) is 1. The Balaban J connectivity index is 3.05. The molecule has 0 bridgehead atoms. The predicted molar refractivity (Wildman–Crippen MR) is 49.6 cm³/mol. The molecule has 0 aromatic heterocycles. The molecule has 0 atom stereocenters. The summed E-state index contributed by atoms with van der Waals surface area (Å²) >= 11 is 0. The molecule has 1 aromatic carbocycles. The van der Waals surface area contributed by atoms with Gasteiger partial charge in [0.2, 0.25) is 0 Å². The zero-order valence-corrected chi connectivity index (χ0v) is 7.64. The molecule has 5 nitrogen and oxygen atoms in total. The molecule has 0 fully saturated rings. The lowest BCUT2D eigenvalue weighted by molar-refractivity contribution is -0.385. The third-order valence-corrected chi connectivity index (χ3v) is 1.65. The Bertz CT molecular complexity index is 338. The third kappa shape index (κ3) is 2.20. The first-order valence-corrected chi connectivity index (χ1v) is 4.07. The SMILES string of the molecule is CCOc1ccc([N+](=O)[O-])c([CH]O)c1. The van der Waals surface area contributed by atoms with E-state index in [1.165, 1.54) is 18.2 Å². The van der Waals surface area contributed by atoms with Gasteiger partial charge in [-0.3, -0.25) is 10.1 Å². The van der Waals surface area contributed by atoms with Crippen molar-refractivity contribution >= 4 is 5.69 Å². The Kier molecular flexibility index (Phi) is 3.41. The summed E-state index contributed by atoms with van der Waals surface area (Å²) in [6.07, 6.45) is 0. The van der Waals surface area contributed by atoms with Crippen molar-refractivity contribution in [1.82, 2.24) is 0 Å². The Hall–Kier alpha value is -1.62. The van der Waals surface area contributed by atoms with Gasteiger partial charge in [-0.2, -0.15) is 0 Å². The van der Waals surface area contributed by atoms with E-state index >= 15 is 0 Å². The van der Waals surface area contributed by atoms with E-state index < -0.39 is 4.92 Å². The van der Waals surface area contributed by atoms with Crippen LogP contribution in [0.25, 0.3) is 0 Å². The van der Waals surface area contributed by atoms with E-state index in [-0.39, 0.29) is 11.3 Å². The Labute approximate surface area is 81.1 Å². The zero-order valence-electron chi connectivity index (χ0n) is 7.64. The van der Waals surface area contributed by atoms with Crippen LogP contribution in [-0.2, 0) is 0 Å². The summed E-state index contributed by atoms with van der Waals surface area (Å²) in [7, 11) is 0. The van der Waals surface area contributed by atoms with Crippen molar-refractivity contribution in [1.29, 1.82) is 0 Å². The number of benzene rings is 1. The highest BCUT2D eigenvalue weighted by molar-refractivity contribution is 5.47. The van der Waals surface area contributed by atoms with E-state index in [1.807, 2.05) is 6.92 Å². The summed E-state index contributed by atoms with van der Waals surface area (Å²) < 4.78 is 5.13. The van der Waals surface area contributed by atoms with Crippen LogP contribution in [0.4, 0.5) is 5.69 Å². The highest BCUT2D eigenvalue weighted by Gasteiger charge is 2.13. The minimum Gasteiger partial charge on any atom is -0.494 e. The molecule has 1 rings (SSSR count). The Morgan fingerprint density at radius 3 is 2.86 bits per heavy atom. The van der Waals surface area contributed by atoms with Crippen LogP contribution in [-0.4, -0.2) is 16.6 Å². The highest BCUT2D eigenvalue weighted by Crippen LogP contribution is 2.24. The minimum absolute atomic E-state index is 0.140. The van der Waals surface area contributed by atoms with Crippen LogP contribution in [0.3, 0.4) is 0 Å². The van der Waals surface area contributed by atoms with Gasteiger partial charge >= 0.3 is 0 Å². The summed E-state index contributed by atoms with van der Waals surface area (Å²) in [6, 6.07) is 4.21. The fraction of sp³-hybridized carbons (Fsp3) is 0.222. The van der Waals surface area contributed by atoms with Crippen LogP contribution < -0.4 is 4.74 Å². The molecule has 0 amide bonds. The third-order valence-electron chi connectivity index (χ3n) is 1.65. The molecule has 0 spiro atoms. The molecule has 0 unspecified atom stereocenters. The summed E-state index contributed by atoms with van der Waals surface area (Å²) in [5, 5.41) is 19.3. The Morgan fingerprint density at radius 1 is 1.64 bits per heavy atom. The molecule has 75 valence electrons. The molecule has 14 heavy (non-hydrogen) atoms. The normalized spacial score (nSPS) is 9.86. The molecule has 0 aliphatic carbocycles. The van der Waals surface area contributed by atoms with E-state index in [2.05, 4.69) is 0 Å². The van der Waals surface area contributed by atoms with E-state index in [0.29, 0.717) is 19.0 Å². The average molecular weight is 196 g/mol. The van der Waals surface area contributed by atoms with Gasteiger partial charge in [0.25, 0.3) is 5.69 Å². The smallest absolute Gasteiger partial charge is 0.275 e. The first-order chi connectivity index (χ1) is 6.69. The van der Waals surface area contributed by atoms with Crippen molar-refractivity contribution in [3.05, 3.63) is 40.5 Å². The number of hydrogen-bond donors (Lipinski definition) is 1. The van der Waals surface area contributed by atoms with Gasteiger partial charge in [0.15, 0.2) is 0 Å². The molecule has 0 aliphatic rings. The van der Waals surface area contributed by atoms with Crippen LogP contribution >= 0.6 is 0 Å². The number of hydrogen-bond acceptors (Lipinski definition) is 4. The number of aliphatic hydroxyl groups excluding tert-OH is 1. The van der Waals surface area contributed by atoms with Crippen molar-refractivity contribution in [2.75, 3.05) is 6.61 Å². The lowest BCUT2D eigenvalue weighted by Crippen LogP contribution is -1.97. The molecule has 1 radical (unpaired) electrons. The summed E-state index contributed by atoms with van der Waals surface area (Å²) in [6.45, 7) is 2.98. The molecule has 0 aliphatic heterocycles. The van der Waals surface area contributed by atoms with E-state index in [4.69, 9.17) is 9.84 Å². The van der Waals surface area contributed by atoms with Crippen LogP contribution in [0.5, 0.6) is 5.75 Å². The summed E-state index contributed by atoms with van der Waals surface area (Å²) in [4.78, 5) is 9.93. The monoisotopic (exact) mass is 196 g/mol. The maximum absolute atomic E-state index is 10.5. The van der Waals surface area contributed by atoms with Crippen molar-refractivity contribution in [3.63, 3.8) is 0 Å². The largest absolute Gasteiger partial charge is 0.494 e. The number of nitro groups is 1. The first kappa shape index (κ1) is 10.5. The number of rotatable bonds is 4. The fourth-order valence-electron chi connectivity index (χ4n) is 1.06. The van der Waals surface area contributed by atoms with Gasteiger partial charge in [-0.15, -0.1) is 0 Å². The van der Waals surface area contributed by atoms with Crippen molar-refractivity contribution in [3.8, 4) is 5.75 Å². The standard InChI is InChI=1S/C9H10NO4/c1-2-14-8-3-4-9(10(12)13)7(5-8)6-11/h3-6,11H,2H2,1H3. The molecule has 0 heterocycles. The maximum atomic E-state index is 10.5. The van der Waals surface area contributed by atoms with E-state index in [9.17, 15) is 10.1 Å². The van der Waals surface area contributed by atoms with Gasteiger partial charge in [-0.1, -0.05) is 0 Å². The van der Waals surface area contributed by atoms with Gasteiger partial charge in [0, 0.05) is 6.07 Å². The quantitative estimate of drug-likeness (QED) is 0.589. The van der Waals surface area contributed by atoms with Crippen molar-refractivity contribution < 1.29 is 14.8 Å². The molecule has 5 heteroatoms. The van der Waals surface area contributed by atoms with Crippen molar-refractivity contribution in [2.24, 2.45) is 0 Å². The number of ether oxygens (including phenoxy) is 1. The number of nitro benzene ring substituents is 1. The average Bonchev–Trinajstić information content (AvgIpc) is 2.17. The van der Waals surface area contributed by atoms with E-state index in [1.54, 1.807) is 0 Å². The number of aliphatic hydroxyl groups is 1. The molecular weight excluding hydrogens is 186 g/mol. The second-order valence-electron chi connectivity index (χ2n) is 2.54. The van der Waals surface area contributed by atoms with Crippen LogP contribution in [0.2, 0.25) is 0 Å². The molecule has 1 N–H and O–H groups in total. The minimum atomic E-state index is -0.558. The second kappa shape index (κ2) is 4.57. The van der Waals surface area contributed by atoms with Gasteiger partial charge < -0.3 is 9.84 Å². The first-order valence-electron chi connectivity index (χ1n) is 4.07.